The average Bonchev–Trinajstić information content (AvgIpc) is 2.98. The summed E-state index contributed by atoms with van der Waals surface area (Å²) in [6.45, 7) is 5.47. The van der Waals surface area contributed by atoms with E-state index in [1.54, 1.807) is 24.3 Å². The van der Waals surface area contributed by atoms with E-state index >= 15 is 0 Å². The zero-order valence-corrected chi connectivity index (χ0v) is 17.8. The number of amides is 3. The van der Waals surface area contributed by atoms with Gasteiger partial charge in [0.15, 0.2) is 0 Å². The minimum Gasteiger partial charge on any atom is -0.351 e. The number of hydrogen-bond acceptors (Lipinski definition) is 4. The molecule has 1 saturated heterocycles. The number of carbonyl (C=O) groups is 3. The molecule has 0 aromatic heterocycles. The number of nitrogens with one attached hydrogen (secondary N) is 1. The number of hydrogen-bond donors (Lipinski definition) is 1. The fourth-order valence-electron chi connectivity index (χ4n) is 4.00. The minimum atomic E-state index is -0.390. The van der Waals surface area contributed by atoms with Crippen LogP contribution in [0, 0.1) is 6.92 Å². The number of likely N-dealkylation sites (tertiary alicyclic amines) is 1. The molecule has 0 aliphatic carbocycles. The molecule has 0 bridgehead atoms. The lowest BCUT2D eigenvalue weighted by molar-refractivity contribution is 0.0923. The van der Waals surface area contributed by atoms with Gasteiger partial charge >= 0.3 is 0 Å². The first-order valence-electron chi connectivity index (χ1n) is 10.1. The van der Waals surface area contributed by atoms with Crippen molar-refractivity contribution in [1.82, 2.24) is 10.2 Å². The second kappa shape index (κ2) is 9.41. The number of anilines is 1. The van der Waals surface area contributed by atoms with Gasteiger partial charge in [0, 0.05) is 18.7 Å². The Morgan fingerprint density at radius 3 is 2.43 bits per heavy atom. The third-order valence-electron chi connectivity index (χ3n) is 5.57. The molecule has 0 unspecified atom stereocenters. The van der Waals surface area contributed by atoms with Crippen LogP contribution < -0.4 is 10.2 Å². The summed E-state index contributed by atoms with van der Waals surface area (Å²) in [4.78, 5) is 41.7. The molecule has 6 nitrogen and oxygen atoms in total. The van der Waals surface area contributed by atoms with Crippen molar-refractivity contribution in [2.75, 3.05) is 31.1 Å². The van der Waals surface area contributed by atoms with Crippen molar-refractivity contribution in [3.05, 3.63) is 64.7 Å². The maximum Gasteiger partial charge on any atom is 0.266 e. The molecule has 158 valence electrons. The summed E-state index contributed by atoms with van der Waals surface area (Å²) >= 11 is 0. The van der Waals surface area contributed by atoms with Crippen molar-refractivity contribution >= 4 is 35.8 Å². The predicted octanol–water partition coefficient (Wildman–Crippen LogP) is 3.43. The zero-order valence-electron chi connectivity index (χ0n) is 17.0. The van der Waals surface area contributed by atoms with E-state index in [0.29, 0.717) is 23.4 Å². The molecule has 2 aliphatic rings. The van der Waals surface area contributed by atoms with Crippen molar-refractivity contribution in [3.8, 4) is 0 Å². The van der Waals surface area contributed by atoms with E-state index in [0.717, 1.165) is 25.2 Å². The molecule has 0 atom stereocenters. The van der Waals surface area contributed by atoms with Crippen LogP contribution in [-0.2, 0) is 0 Å². The lowest BCUT2D eigenvalue weighted by atomic mass is 10.1. The van der Waals surface area contributed by atoms with Gasteiger partial charge < -0.3 is 10.2 Å². The normalized spacial score (nSPS) is 16.2. The van der Waals surface area contributed by atoms with Crippen molar-refractivity contribution in [1.29, 1.82) is 0 Å². The van der Waals surface area contributed by atoms with E-state index in [-0.39, 0.29) is 29.8 Å². The predicted molar refractivity (Wildman–Crippen MR) is 119 cm³/mol. The molecule has 1 fully saturated rings. The summed E-state index contributed by atoms with van der Waals surface area (Å²) in [6.07, 6.45) is 3.71. The van der Waals surface area contributed by atoms with Crippen molar-refractivity contribution < 1.29 is 14.4 Å². The van der Waals surface area contributed by atoms with Gasteiger partial charge in [0.25, 0.3) is 17.7 Å². The molecule has 4 rings (SSSR count). The highest BCUT2D eigenvalue weighted by molar-refractivity contribution is 6.34. The lowest BCUT2D eigenvalue weighted by Crippen LogP contribution is -2.37. The van der Waals surface area contributed by atoms with E-state index in [2.05, 4.69) is 10.2 Å². The number of halogens is 1. The SMILES string of the molecule is Cc1cccc(N2C(=O)c3ccc(C(=O)NCCN4CCCCC4)cc3C2=O)c1.Cl. The van der Waals surface area contributed by atoms with E-state index in [1.165, 1.54) is 30.2 Å². The maximum atomic E-state index is 12.9. The number of aryl methyl sites for hydroxylation is 1. The molecule has 0 radical (unpaired) electrons. The van der Waals surface area contributed by atoms with Crippen LogP contribution in [0.15, 0.2) is 42.5 Å². The Kier molecular flexibility index (Phi) is 6.90. The zero-order chi connectivity index (χ0) is 20.4. The van der Waals surface area contributed by atoms with Gasteiger partial charge in [-0.3, -0.25) is 14.4 Å². The fourth-order valence-corrected chi connectivity index (χ4v) is 4.00. The molecule has 0 spiro atoms. The van der Waals surface area contributed by atoms with E-state index < -0.39 is 5.91 Å². The first-order chi connectivity index (χ1) is 14.0. The van der Waals surface area contributed by atoms with Gasteiger partial charge in [0.05, 0.1) is 16.8 Å². The summed E-state index contributed by atoms with van der Waals surface area (Å²) in [7, 11) is 0. The Labute approximate surface area is 182 Å². The number of rotatable bonds is 5. The number of fused-ring (bicyclic) bond motifs is 1. The molecule has 2 aromatic carbocycles. The third kappa shape index (κ3) is 4.40. The molecule has 1 N–H and O–H groups in total. The summed E-state index contributed by atoms with van der Waals surface area (Å²) in [5, 5.41) is 2.92. The molecule has 3 amide bonds. The largest absolute Gasteiger partial charge is 0.351 e. The van der Waals surface area contributed by atoms with Crippen LogP contribution in [0.4, 0.5) is 5.69 Å². The second-order valence-corrected chi connectivity index (χ2v) is 7.70. The Bertz CT molecular complexity index is 970. The van der Waals surface area contributed by atoms with Crippen LogP contribution in [-0.4, -0.2) is 48.8 Å². The van der Waals surface area contributed by atoms with Gasteiger partial charge in [-0.1, -0.05) is 18.6 Å². The van der Waals surface area contributed by atoms with Crippen LogP contribution in [0.25, 0.3) is 0 Å². The van der Waals surface area contributed by atoms with Crippen LogP contribution in [0.1, 0.15) is 55.9 Å². The summed E-state index contributed by atoms with van der Waals surface area (Å²) in [5.74, 6) is -0.967. The van der Waals surface area contributed by atoms with Gasteiger partial charge in [-0.15, -0.1) is 12.4 Å². The van der Waals surface area contributed by atoms with E-state index in [4.69, 9.17) is 0 Å². The first kappa shape index (κ1) is 22.0. The minimum absolute atomic E-state index is 0. The van der Waals surface area contributed by atoms with Crippen LogP contribution >= 0.6 is 12.4 Å². The Hall–Kier alpha value is -2.70. The van der Waals surface area contributed by atoms with Gasteiger partial charge in [-0.25, -0.2) is 4.90 Å². The van der Waals surface area contributed by atoms with Gasteiger partial charge in [0.2, 0.25) is 0 Å². The highest BCUT2D eigenvalue weighted by Crippen LogP contribution is 2.29. The Morgan fingerprint density at radius 1 is 0.967 bits per heavy atom. The summed E-state index contributed by atoms with van der Waals surface area (Å²) < 4.78 is 0. The van der Waals surface area contributed by atoms with Gasteiger partial charge in [-0.2, -0.15) is 0 Å². The Morgan fingerprint density at radius 2 is 1.70 bits per heavy atom. The topological polar surface area (TPSA) is 69.7 Å². The number of nitrogens with zero attached hydrogens (tertiary/aromatic N) is 2. The van der Waals surface area contributed by atoms with Crippen LogP contribution in [0.3, 0.4) is 0 Å². The highest BCUT2D eigenvalue weighted by Gasteiger charge is 2.37. The molecule has 2 aromatic rings. The van der Waals surface area contributed by atoms with Crippen LogP contribution in [0.5, 0.6) is 0 Å². The molecule has 2 aliphatic heterocycles. The van der Waals surface area contributed by atoms with Crippen molar-refractivity contribution in [2.24, 2.45) is 0 Å². The van der Waals surface area contributed by atoms with Gasteiger partial charge in [-0.05, 0) is 68.8 Å². The van der Waals surface area contributed by atoms with E-state index in [9.17, 15) is 14.4 Å². The average molecular weight is 428 g/mol. The third-order valence-corrected chi connectivity index (χ3v) is 5.57. The summed E-state index contributed by atoms with van der Waals surface area (Å²) in [6, 6.07) is 12.0. The van der Waals surface area contributed by atoms with Gasteiger partial charge in [0.1, 0.15) is 0 Å². The summed E-state index contributed by atoms with van der Waals surface area (Å²) in [5.41, 5.74) is 2.52. The number of benzene rings is 2. The van der Waals surface area contributed by atoms with Crippen molar-refractivity contribution in [2.45, 2.75) is 26.2 Å². The number of piperidine rings is 1. The second-order valence-electron chi connectivity index (χ2n) is 7.70. The lowest BCUT2D eigenvalue weighted by Gasteiger charge is -2.26. The maximum absolute atomic E-state index is 12.9. The van der Waals surface area contributed by atoms with Crippen molar-refractivity contribution in [3.63, 3.8) is 0 Å². The molecule has 0 saturated carbocycles. The monoisotopic (exact) mass is 427 g/mol. The molecule has 7 heteroatoms. The number of carbonyl (C=O) groups excluding carboxylic acids is 3. The highest BCUT2D eigenvalue weighted by atomic mass is 35.5. The standard InChI is InChI=1S/C23H25N3O3.ClH/c1-16-6-5-7-18(14-16)26-22(28)19-9-8-17(15-20(19)23(26)29)21(27)24-10-13-25-11-3-2-4-12-25;/h5-9,14-15H,2-4,10-13H2,1H3,(H,24,27);1H. The fraction of sp³-hybridized carbons (Fsp3) is 0.348. The van der Waals surface area contributed by atoms with Crippen LogP contribution in [0.2, 0.25) is 0 Å². The number of imide groups is 1. The molecular weight excluding hydrogens is 402 g/mol. The quantitative estimate of drug-likeness (QED) is 0.742. The molecule has 2 heterocycles. The smallest absolute Gasteiger partial charge is 0.266 e. The molecular formula is C23H26ClN3O3. The Balaban J connectivity index is 0.00000256. The van der Waals surface area contributed by atoms with E-state index in [1.807, 2.05) is 19.1 Å². The first-order valence-corrected chi connectivity index (χ1v) is 10.1. The molecule has 30 heavy (non-hydrogen) atoms.